The Balaban J connectivity index is 1.98. The average Bonchev–Trinajstić information content (AvgIpc) is 2.97. The van der Waals surface area contributed by atoms with Gasteiger partial charge in [0.25, 0.3) is 0 Å². The summed E-state index contributed by atoms with van der Waals surface area (Å²) in [5.74, 6) is 1.04. The first-order valence-electron chi connectivity index (χ1n) is 7.30. The molecule has 20 heavy (non-hydrogen) atoms. The topological polar surface area (TPSA) is 42.4 Å². The highest BCUT2D eigenvalue weighted by molar-refractivity contribution is 5.14. The Hall–Kier alpha value is -1.58. The van der Waals surface area contributed by atoms with Gasteiger partial charge >= 0.3 is 0 Å². The summed E-state index contributed by atoms with van der Waals surface area (Å²) >= 11 is 0. The van der Waals surface area contributed by atoms with Crippen LogP contribution >= 0.6 is 0 Å². The summed E-state index contributed by atoms with van der Waals surface area (Å²) in [6.45, 7) is 4.97. The predicted molar refractivity (Wildman–Crippen MR) is 82.4 cm³/mol. The Bertz CT molecular complexity index is 467. The van der Waals surface area contributed by atoms with Crippen molar-refractivity contribution in [2.45, 2.75) is 32.4 Å². The number of hydrogen-bond acceptors (Lipinski definition) is 3. The number of rotatable bonds is 8. The Kier molecular flexibility index (Phi) is 5.84. The molecule has 0 radical (unpaired) electrons. The SMILES string of the molecule is CC(Cc1ccco1)N(CCCN)Cc1ccccc1. The monoisotopic (exact) mass is 272 g/mol. The van der Waals surface area contributed by atoms with E-state index >= 15 is 0 Å². The Morgan fingerprint density at radius 2 is 1.95 bits per heavy atom. The summed E-state index contributed by atoms with van der Waals surface area (Å²) < 4.78 is 5.46. The molecule has 0 saturated carbocycles. The minimum atomic E-state index is 0.438. The van der Waals surface area contributed by atoms with E-state index in [0.29, 0.717) is 6.04 Å². The summed E-state index contributed by atoms with van der Waals surface area (Å²) in [5, 5.41) is 0. The number of nitrogens with two attached hydrogens (primary N) is 1. The minimum Gasteiger partial charge on any atom is -0.469 e. The van der Waals surface area contributed by atoms with Gasteiger partial charge in [0, 0.05) is 19.0 Å². The standard InChI is InChI=1S/C17H24N2O/c1-15(13-17-9-5-12-20-17)19(11-6-10-18)14-16-7-3-2-4-8-16/h2-5,7-9,12,15H,6,10-11,13-14,18H2,1H3. The molecule has 0 saturated heterocycles. The van der Waals surface area contributed by atoms with Crippen LogP contribution in [0.25, 0.3) is 0 Å². The summed E-state index contributed by atoms with van der Waals surface area (Å²) in [5.41, 5.74) is 7.00. The van der Waals surface area contributed by atoms with Crippen LogP contribution in [-0.2, 0) is 13.0 Å². The van der Waals surface area contributed by atoms with E-state index in [1.54, 1.807) is 6.26 Å². The van der Waals surface area contributed by atoms with E-state index in [9.17, 15) is 0 Å². The maximum absolute atomic E-state index is 5.66. The third-order valence-corrected chi connectivity index (χ3v) is 3.58. The van der Waals surface area contributed by atoms with Gasteiger partial charge in [-0.05, 0) is 44.1 Å². The molecule has 1 heterocycles. The average molecular weight is 272 g/mol. The van der Waals surface area contributed by atoms with Crippen molar-refractivity contribution in [3.63, 3.8) is 0 Å². The number of benzene rings is 1. The zero-order chi connectivity index (χ0) is 14.2. The minimum absolute atomic E-state index is 0.438. The molecular formula is C17H24N2O. The summed E-state index contributed by atoms with van der Waals surface area (Å²) in [6, 6.07) is 15.0. The van der Waals surface area contributed by atoms with Crippen LogP contribution in [0.2, 0.25) is 0 Å². The van der Waals surface area contributed by atoms with Crippen molar-refractivity contribution < 1.29 is 4.42 Å². The number of furan rings is 1. The van der Waals surface area contributed by atoms with Crippen molar-refractivity contribution in [3.05, 3.63) is 60.1 Å². The molecule has 2 rings (SSSR count). The van der Waals surface area contributed by atoms with Crippen molar-refractivity contribution in [2.24, 2.45) is 5.73 Å². The second-order valence-corrected chi connectivity index (χ2v) is 5.23. The van der Waals surface area contributed by atoms with Crippen molar-refractivity contribution in [1.82, 2.24) is 4.90 Å². The van der Waals surface area contributed by atoms with Crippen LogP contribution in [0.1, 0.15) is 24.7 Å². The molecule has 1 aromatic carbocycles. The van der Waals surface area contributed by atoms with Crippen LogP contribution in [0.3, 0.4) is 0 Å². The molecule has 2 N–H and O–H groups in total. The predicted octanol–water partition coefficient (Wildman–Crippen LogP) is 3.06. The van der Waals surface area contributed by atoms with Crippen LogP contribution in [0.15, 0.2) is 53.1 Å². The van der Waals surface area contributed by atoms with Crippen molar-refractivity contribution >= 4 is 0 Å². The summed E-state index contributed by atoms with van der Waals surface area (Å²) in [7, 11) is 0. The lowest BCUT2D eigenvalue weighted by atomic mass is 10.1. The van der Waals surface area contributed by atoms with E-state index in [0.717, 1.165) is 38.2 Å². The Labute approximate surface area is 121 Å². The molecule has 0 aliphatic rings. The van der Waals surface area contributed by atoms with Crippen molar-refractivity contribution in [2.75, 3.05) is 13.1 Å². The van der Waals surface area contributed by atoms with Gasteiger partial charge in [-0.2, -0.15) is 0 Å². The van der Waals surface area contributed by atoms with Gasteiger partial charge in [0.05, 0.1) is 6.26 Å². The molecule has 0 amide bonds. The summed E-state index contributed by atoms with van der Waals surface area (Å²) in [6.07, 6.45) is 3.70. The maximum atomic E-state index is 5.66. The second-order valence-electron chi connectivity index (χ2n) is 5.23. The van der Waals surface area contributed by atoms with E-state index in [1.165, 1.54) is 5.56 Å². The molecule has 1 atom stereocenters. The van der Waals surface area contributed by atoms with Crippen molar-refractivity contribution in [1.29, 1.82) is 0 Å². The Morgan fingerprint density at radius 3 is 2.60 bits per heavy atom. The fraction of sp³-hybridized carbons (Fsp3) is 0.412. The van der Waals surface area contributed by atoms with Gasteiger partial charge < -0.3 is 10.2 Å². The van der Waals surface area contributed by atoms with E-state index < -0.39 is 0 Å². The highest BCUT2D eigenvalue weighted by atomic mass is 16.3. The molecule has 0 bridgehead atoms. The van der Waals surface area contributed by atoms with Gasteiger partial charge in [-0.3, -0.25) is 4.90 Å². The molecule has 1 unspecified atom stereocenters. The molecule has 0 aliphatic heterocycles. The molecule has 0 fully saturated rings. The zero-order valence-electron chi connectivity index (χ0n) is 12.2. The fourth-order valence-corrected chi connectivity index (χ4v) is 2.42. The van der Waals surface area contributed by atoms with E-state index in [1.807, 2.05) is 12.1 Å². The normalized spacial score (nSPS) is 12.8. The van der Waals surface area contributed by atoms with Gasteiger partial charge in [-0.1, -0.05) is 30.3 Å². The lowest BCUT2D eigenvalue weighted by molar-refractivity contribution is 0.191. The quantitative estimate of drug-likeness (QED) is 0.803. The maximum Gasteiger partial charge on any atom is 0.105 e. The zero-order valence-corrected chi connectivity index (χ0v) is 12.2. The lowest BCUT2D eigenvalue weighted by Crippen LogP contribution is -2.35. The lowest BCUT2D eigenvalue weighted by Gasteiger charge is -2.28. The van der Waals surface area contributed by atoms with Crippen LogP contribution in [0, 0.1) is 0 Å². The third-order valence-electron chi connectivity index (χ3n) is 3.58. The molecule has 3 nitrogen and oxygen atoms in total. The second kappa shape index (κ2) is 7.88. The molecule has 0 aliphatic carbocycles. The number of hydrogen-bond donors (Lipinski definition) is 1. The van der Waals surface area contributed by atoms with E-state index in [-0.39, 0.29) is 0 Å². The first kappa shape index (κ1) is 14.8. The smallest absolute Gasteiger partial charge is 0.105 e. The molecule has 3 heteroatoms. The van der Waals surface area contributed by atoms with Gasteiger partial charge in [-0.25, -0.2) is 0 Å². The summed E-state index contributed by atoms with van der Waals surface area (Å²) in [4.78, 5) is 2.48. The first-order valence-corrected chi connectivity index (χ1v) is 7.30. The third kappa shape index (κ3) is 4.51. The molecule has 0 spiro atoms. The Morgan fingerprint density at radius 1 is 1.15 bits per heavy atom. The molecule has 108 valence electrons. The number of nitrogens with zero attached hydrogens (tertiary/aromatic N) is 1. The highest BCUT2D eigenvalue weighted by Gasteiger charge is 2.15. The van der Waals surface area contributed by atoms with Crippen LogP contribution in [0.5, 0.6) is 0 Å². The van der Waals surface area contributed by atoms with E-state index in [4.69, 9.17) is 10.2 Å². The highest BCUT2D eigenvalue weighted by Crippen LogP contribution is 2.13. The first-order chi connectivity index (χ1) is 9.79. The van der Waals surface area contributed by atoms with Crippen molar-refractivity contribution in [3.8, 4) is 0 Å². The molecular weight excluding hydrogens is 248 g/mol. The van der Waals surface area contributed by atoms with Gasteiger partial charge in [-0.15, -0.1) is 0 Å². The van der Waals surface area contributed by atoms with E-state index in [2.05, 4.69) is 42.2 Å². The van der Waals surface area contributed by atoms with Crippen LogP contribution in [-0.4, -0.2) is 24.0 Å². The largest absolute Gasteiger partial charge is 0.469 e. The molecule has 2 aromatic rings. The fourth-order valence-electron chi connectivity index (χ4n) is 2.42. The van der Waals surface area contributed by atoms with Gasteiger partial charge in [0.15, 0.2) is 0 Å². The molecule has 1 aromatic heterocycles. The van der Waals surface area contributed by atoms with Gasteiger partial charge in [0.1, 0.15) is 5.76 Å². The van der Waals surface area contributed by atoms with Crippen LogP contribution < -0.4 is 5.73 Å². The van der Waals surface area contributed by atoms with Gasteiger partial charge in [0.2, 0.25) is 0 Å². The van der Waals surface area contributed by atoms with Crippen LogP contribution in [0.4, 0.5) is 0 Å².